The van der Waals surface area contributed by atoms with Crippen LogP contribution >= 0.6 is 15.9 Å². The van der Waals surface area contributed by atoms with Gasteiger partial charge in [0.2, 0.25) is 0 Å². The highest BCUT2D eigenvalue weighted by Crippen LogP contribution is 2.26. The quantitative estimate of drug-likeness (QED) is 0.888. The summed E-state index contributed by atoms with van der Waals surface area (Å²) in [7, 11) is 0. The Bertz CT molecular complexity index is 390. The molecule has 0 heterocycles. The minimum absolute atomic E-state index is 0.0449. The predicted molar refractivity (Wildman–Crippen MR) is 62.8 cm³/mol. The highest BCUT2D eigenvalue weighted by molar-refractivity contribution is 9.10. The lowest BCUT2D eigenvalue weighted by atomic mass is 9.97. The topological polar surface area (TPSA) is 63.3 Å². The van der Waals surface area contributed by atoms with E-state index in [9.17, 15) is 4.79 Å². The molecule has 0 aliphatic heterocycles. The molecule has 1 aromatic rings. The van der Waals surface area contributed by atoms with Crippen molar-refractivity contribution >= 4 is 21.9 Å². The van der Waals surface area contributed by atoms with Crippen molar-refractivity contribution in [2.24, 2.45) is 5.73 Å². The van der Waals surface area contributed by atoms with Crippen molar-refractivity contribution in [3.63, 3.8) is 0 Å². The van der Waals surface area contributed by atoms with Crippen LogP contribution in [0.3, 0.4) is 0 Å². The van der Waals surface area contributed by atoms with E-state index in [4.69, 9.17) is 10.8 Å². The molecule has 0 spiro atoms. The summed E-state index contributed by atoms with van der Waals surface area (Å²) >= 11 is 3.43. The molecular formula is C11H14BrNO2. The molecule has 1 aromatic carbocycles. The summed E-state index contributed by atoms with van der Waals surface area (Å²) in [5.41, 5.74) is 8.81. The molecule has 1 atom stereocenters. The Labute approximate surface area is 97.4 Å². The van der Waals surface area contributed by atoms with Gasteiger partial charge in [-0.05, 0) is 36.6 Å². The van der Waals surface area contributed by atoms with Crippen LogP contribution in [0.4, 0.5) is 0 Å². The molecule has 0 fully saturated rings. The smallest absolute Gasteiger partial charge is 0.305 e. The van der Waals surface area contributed by atoms with Crippen molar-refractivity contribution < 1.29 is 9.90 Å². The summed E-state index contributed by atoms with van der Waals surface area (Å²) < 4.78 is 0.971. The van der Waals surface area contributed by atoms with Gasteiger partial charge >= 0.3 is 5.97 Å². The zero-order chi connectivity index (χ0) is 11.6. The van der Waals surface area contributed by atoms with E-state index in [-0.39, 0.29) is 6.42 Å². The van der Waals surface area contributed by atoms with Crippen molar-refractivity contribution in [1.29, 1.82) is 0 Å². The Morgan fingerprint density at radius 1 is 1.53 bits per heavy atom. The van der Waals surface area contributed by atoms with Gasteiger partial charge in [-0.1, -0.05) is 22.0 Å². The summed E-state index contributed by atoms with van der Waals surface area (Å²) in [6, 6.07) is 3.48. The number of hydrogen-bond acceptors (Lipinski definition) is 2. The number of nitrogens with two attached hydrogens (primary N) is 1. The fourth-order valence-electron chi connectivity index (χ4n) is 1.52. The van der Waals surface area contributed by atoms with E-state index in [2.05, 4.69) is 15.9 Å². The molecule has 0 aliphatic carbocycles. The van der Waals surface area contributed by atoms with Crippen LogP contribution in [-0.4, -0.2) is 11.1 Å². The van der Waals surface area contributed by atoms with E-state index in [1.54, 1.807) is 0 Å². The number of halogens is 1. The molecule has 15 heavy (non-hydrogen) atoms. The van der Waals surface area contributed by atoms with Crippen LogP contribution in [0.1, 0.15) is 29.2 Å². The van der Waals surface area contributed by atoms with Crippen LogP contribution in [0.2, 0.25) is 0 Å². The van der Waals surface area contributed by atoms with Gasteiger partial charge in [0.15, 0.2) is 0 Å². The molecule has 82 valence electrons. The van der Waals surface area contributed by atoms with Gasteiger partial charge in [-0.15, -0.1) is 0 Å². The third-order valence-electron chi connectivity index (χ3n) is 2.32. The minimum Gasteiger partial charge on any atom is -0.481 e. The first-order chi connectivity index (χ1) is 6.91. The lowest BCUT2D eigenvalue weighted by molar-refractivity contribution is -0.137. The van der Waals surface area contributed by atoms with Crippen LogP contribution in [0, 0.1) is 13.8 Å². The number of benzene rings is 1. The van der Waals surface area contributed by atoms with Gasteiger partial charge in [-0.3, -0.25) is 4.79 Å². The molecule has 3 nitrogen and oxygen atoms in total. The van der Waals surface area contributed by atoms with E-state index < -0.39 is 12.0 Å². The minimum atomic E-state index is -0.875. The number of carboxylic acid groups (broad SMARTS) is 1. The second-order valence-corrected chi connectivity index (χ2v) is 4.52. The second-order valence-electron chi connectivity index (χ2n) is 3.67. The summed E-state index contributed by atoms with van der Waals surface area (Å²) in [4.78, 5) is 10.6. The molecule has 1 unspecified atom stereocenters. The van der Waals surface area contributed by atoms with E-state index in [1.165, 1.54) is 0 Å². The van der Waals surface area contributed by atoms with Gasteiger partial charge < -0.3 is 10.8 Å². The number of aryl methyl sites for hydroxylation is 1. The first-order valence-corrected chi connectivity index (χ1v) is 5.45. The fourth-order valence-corrected chi connectivity index (χ4v) is 2.11. The lowest BCUT2D eigenvalue weighted by Gasteiger charge is -2.15. The summed E-state index contributed by atoms with van der Waals surface area (Å²) in [6.07, 6.45) is -0.0449. The molecular weight excluding hydrogens is 258 g/mol. The molecule has 4 heteroatoms. The number of carbonyl (C=O) groups is 1. The Kier molecular flexibility index (Phi) is 3.88. The summed E-state index contributed by atoms with van der Waals surface area (Å²) in [6.45, 7) is 3.89. The molecule has 0 aromatic heterocycles. The SMILES string of the molecule is Cc1cc(Br)c(C)c(C(N)CC(=O)O)c1. The molecule has 0 bridgehead atoms. The zero-order valence-corrected chi connectivity index (χ0v) is 10.3. The van der Waals surface area contributed by atoms with Crippen molar-refractivity contribution in [1.82, 2.24) is 0 Å². The Hall–Kier alpha value is -0.870. The van der Waals surface area contributed by atoms with Crippen molar-refractivity contribution in [3.05, 3.63) is 33.3 Å². The largest absolute Gasteiger partial charge is 0.481 e. The van der Waals surface area contributed by atoms with Crippen LogP contribution < -0.4 is 5.73 Å². The first-order valence-electron chi connectivity index (χ1n) is 4.66. The predicted octanol–water partition coefficient (Wildman–Crippen LogP) is 2.54. The van der Waals surface area contributed by atoms with Gasteiger partial charge in [0.05, 0.1) is 6.42 Å². The summed E-state index contributed by atoms with van der Waals surface area (Å²) in [5.74, 6) is -0.875. The average molecular weight is 272 g/mol. The standard InChI is InChI=1S/C11H14BrNO2/c1-6-3-8(7(2)9(12)4-6)10(13)5-11(14)15/h3-4,10H,5,13H2,1-2H3,(H,14,15). The fraction of sp³-hybridized carbons (Fsp3) is 0.364. The maximum absolute atomic E-state index is 10.6. The average Bonchev–Trinajstić information content (AvgIpc) is 2.09. The van der Waals surface area contributed by atoms with E-state index in [0.29, 0.717) is 0 Å². The Morgan fingerprint density at radius 2 is 2.13 bits per heavy atom. The number of rotatable bonds is 3. The molecule has 3 N–H and O–H groups in total. The highest BCUT2D eigenvalue weighted by Gasteiger charge is 2.14. The third kappa shape index (κ3) is 3.04. The maximum atomic E-state index is 10.6. The second kappa shape index (κ2) is 4.77. The van der Waals surface area contributed by atoms with Crippen LogP contribution in [0.15, 0.2) is 16.6 Å². The van der Waals surface area contributed by atoms with Crippen molar-refractivity contribution in [2.75, 3.05) is 0 Å². The Balaban J connectivity index is 3.07. The van der Waals surface area contributed by atoms with Crippen LogP contribution in [0.25, 0.3) is 0 Å². The zero-order valence-electron chi connectivity index (χ0n) is 8.75. The van der Waals surface area contributed by atoms with Gasteiger partial charge in [0.25, 0.3) is 0 Å². The molecule has 0 aliphatic rings. The van der Waals surface area contributed by atoms with Gasteiger partial charge in [0.1, 0.15) is 0 Å². The maximum Gasteiger partial charge on any atom is 0.305 e. The lowest BCUT2D eigenvalue weighted by Crippen LogP contribution is -2.16. The molecule has 0 saturated heterocycles. The number of hydrogen-bond donors (Lipinski definition) is 2. The van der Waals surface area contributed by atoms with E-state index in [0.717, 1.165) is 21.2 Å². The number of aliphatic carboxylic acids is 1. The first kappa shape index (κ1) is 12.2. The Morgan fingerprint density at radius 3 is 2.67 bits per heavy atom. The van der Waals surface area contributed by atoms with Gasteiger partial charge in [-0.2, -0.15) is 0 Å². The van der Waals surface area contributed by atoms with E-state index in [1.807, 2.05) is 26.0 Å². The molecule has 0 saturated carbocycles. The molecule has 1 rings (SSSR count). The molecule has 0 amide bonds. The van der Waals surface area contributed by atoms with Crippen molar-refractivity contribution in [2.45, 2.75) is 26.3 Å². The van der Waals surface area contributed by atoms with E-state index >= 15 is 0 Å². The van der Waals surface area contributed by atoms with Crippen LogP contribution in [-0.2, 0) is 4.79 Å². The normalized spacial score (nSPS) is 12.5. The number of carboxylic acids is 1. The van der Waals surface area contributed by atoms with Crippen molar-refractivity contribution in [3.8, 4) is 0 Å². The van der Waals surface area contributed by atoms with Crippen LogP contribution in [0.5, 0.6) is 0 Å². The van der Waals surface area contributed by atoms with Gasteiger partial charge in [0, 0.05) is 10.5 Å². The third-order valence-corrected chi connectivity index (χ3v) is 3.15. The monoisotopic (exact) mass is 271 g/mol. The van der Waals surface area contributed by atoms with Gasteiger partial charge in [-0.25, -0.2) is 0 Å². The molecule has 0 radical (unpaired) electrons. The highest BCUT2D eigenvalue weighted by atomic mass is 79.9. The summed E-state index contributed by atoms with van der Waals surface area (Å²) in [5, 5.41) is 8.68.